The average Bonchev–Trinajstić information content (AvgIpc) is 3.28. The van der Waals surface area contributed by atoms with Crippen molar-refractivity contribution in [2.45, 2.75) is 19.9 Å². The van der Waals surface area contributed by atoms with Crippen LogP contribution < -0.4 is 0 Å². The van der Waals surface area contributed by atoms with E-state index in [4.69, 9.17) is 4.98 Å². The van der Waals surface area contributed by atoms with Crippen LogP contribution in [0.15, 0.2) is 66.9 Å². The van der Waals surface area contributed by atoms with Gasteiger partial charge in [0.05, 0.1) is 22.4 Å². The van der Waals surface area contributed by atoms with Gasteiger partial charge in [0.1, 0.15) is 23.4 Å². The van der Waals surface area contributed by atoms with Gasteiger partial charge in [0.25, 0.3) is 0 Å². The second-order valence-electron chi connectivity index (χ2n) is 7.56. The Morgan fingerprint density at radius 2 is 1.77 bits per heavy atom. The zero-order valence-corrected chi connectivity index (χ0v) is 17.5. The van der Waals surface area contributed by atoms with E-state index < -0.39 is 6.04 Å². The van der Waals surface area contributed by atoms with E-state index in [1.807, 2.05) is 63.4 Å². The van der Waals surface area contributed by atoms with Gasteiger partial charge in [-0.05, 0) is 43.7 Å². The molecule has 5 rings (SSSR count). The Kier molecular flexibility index (Phi) is 4.58. The van der Waals surface area contributed by atoms with Crippen molar-refractivity contribution < 1.29 is 4.39 Å². The molecule has 154 valence electrons. The highest BCUT2D eigenvalue weighted by Crippen LogP contribution is 2.34. The number of pyridine rings is 1. The summed E-state index contributed by atoms with van der Waals surface area (Å²) in [5.41, 5.74) is 5.80. The van der Waals surface area contributed by atoms with Gasteiger partial charge in [-0.2, -0.15) is 0 Å². The lowest BCUT2D eigenvalue weighted by Crippen LogP contribution is -2.17. The van der Waals surface area contributed by atoms with Crippen molar-refractivity contribution in [2.75, 3.05) is 0 Å². The van der Waals surface area contributed by atoms with Gasteiger partial charge in [-0.15, -0.1) is 5.10 Å². The van der Waals surface area contributed by atoms with Crippen LogP contribution >= 0.6 is 0 Å². The molecule has 0 spiro atoms. The molecule has 5 aromatic rings. The van der Waals surface area contributed by atoms with Gasteiger partial charge in [0.15, 0.2) is 0 Å². The molecule has 6 nitrogen and oxygen atoms in total. The van der Waals surface area contributed by atoms with Crippen LogP contribution in [0.3, 0.4) is 0 Å². The van der Waals surface area contributed by atoms with E-state index in [9.17, 15) is 4.39 Å². The van der Waals surface area contributed by atoms with Crippen LogP contribution in [-0.4, -0.2) is 29.5 Å². The van der Waals surface area contributed by atoms with Crippen molar-refractivity contribution in [3.63, 3.8) is 0 Å². The predicted octanol–water partition coefficient (Wildman–Crippen LogP) is 4.62. The number of fused-ring (bicyclic) bond motifs is 1. The number of imidazole rings is 1. The molecule has 31 heavy (non-hydrogen) atoms. The molecule has 0 bridgehead atoms. The largest absolute Gasteiger partial charge is 0.315 e. The van der Waals surface area contributed by atoms with Crippen molar-refractivity contribution >= 4 is 11.0 Å². The summed E-state index contributed by atoms with van der Waals surface area (Å²) in [7, 11) is 1.87. The third kappa shape index (κ3) is 3.18. The Morgan fingerprint density at radius 1 is 0.968 bits per heavy atom. The molecule has 0 N–H and O–H groups in total. The van der Waals surface area contributed by atoms with Crippen LogP contribution in [-0.2, 0) is 7.05 Å². The van der Waals surface area contributed by atoms with Crippen LogP contribution in [0.4, 0.5) is 4.39 Å². The second kappa shape index (κ2) is 7.43. The van der Waals surface area contributed by atoms with Gasteiger partial charge < -0.3 is 4.57 Å². The molecule has 2 aromatic carbocycles. The summed E-state index contributed by atoms with van der Waals surface area (Å²) in [6, 6.07) is 18.5. The first-order valence-electron chi connectivity index (χ1n) is 10.0. The van der Waals surface area contributed by atoms with Crippen LogP contribution in [0.2, 0.25) is 0 Å². The fourth-order valence-electron chi connectivity index (χ4n) is 4.21. The Bertz CT molecular complexity index is 1370. The van der Waals surface area contributed by atoms with Crippen molar-refractivity contribution in [3.8, 4) is 11.3 Å². The summed E-state index contributed by atoms with van der Waals surface area (Å²) >= 11 is 0. The molecule has 0 radical (unpaired) electrons. The van der Waals surface area contributed by atoms with Crippen LogP contribution in [0, 0.1) is 19.7 Å². The number of hydrogen-bond acceptors (Lipinski definition) is 4. The normalized spacial score (nSPS) is 12.4. The lowest BCUT2D eigenvalue weighted by atomic mass is 10.0. The zero-order valence-electron chi connectivity index (χ0n) is 17.5. The topological polar surface area (TPSA) is 61.4 Å². The van der Waals surface area contributed by atoms with E-state index in [-0.39, 0.29) is 5.82 Å². The molecular formula is C24H21FN6. The van der Waals surface area contributed by atoms with Crippen LogP contribution in [0.25, 0.3) is 22.3 Å². The van der Waals surface area contributed by atoms with Gasteiger partial charge in [-0.3, -0.25) is 4.98 Å². The first-order valence-corrected chi connectivity index (χ1v) is 10.0. The van der Waals surface area contributed by atoms with E-state index in [0.29, 0.717) is 5.69 Å². The quantitative estimate of drug-likeness (QED) is 0.432. The maximum atomic E-state index is 14.9. The summed E-state index contributed by atoms with van der Waals surface area (Å²) in [5.74, 6) is 0.436. The van der Waals surface area contributed by atoms with Crippen LogP contribution in [0.5, 0.6) is 0 Å². The van der Waals surface area contributed by atoms with Gasteiger partial charge >= 0.3 is 0 Å². The second-order valence-corrected chi connectivity index (χ2v) is 7.56. The monoisotopic (exact) mass is 412 g/mol. The molecular weight excluding hydrogens is 391 g/mol. The highest BCUT2D eigenvalue weighted by atomic mass is 19.1. The smallest absolute Gasteiger partial charge is 0.147 e. The van der Waals surface area contributed by atoms with Crippen molar-refractivity contribution in [2.24, 2.45) is 7.05 Å². The minimum Gasteiger partial charge on any atom is -0.315 e. The molecule has 0 aliphatic heterocycles. The average molecular weight is 412 g/mol. The number of aryl methyl sites for hydroxylation is 3. The summed E-state index contributed by atoms with van der Waals surface area (Å²) in [6.07, 6.45) is 1.62. The fourth-order valence-corrected chi connectivity index (χ4v) is 4.21. The van der Waals surface area contributed by atoms with Crippen molar-refractivity contribution in [1.29, 1.82) is 0 Å². The Balaban J connectivity index is 1.79. The molecule has 1 atom stereocenters. The number of aromatic nitrogens is 6. The van der Waals surface area contributed by atoms with Crippen molar-refractivity contribution in [3.05, 3.63) is 95.5 Å². The van der Waals surface area contributed by atoms with E-state index in [1.165, 1.54) is 6.07 Å². The lowest BCUT2D eigenvalue weighted by molar-refractivity contribution is 0.556. The minimum atomic E-state index is -0.451. The van der Waals surface area contributed by atoms with E-state index in [2.05, 4.69) is 25.9 Å². The fraction of sp³-hybridized carbons (Fsp3) is 0.167. The van der Waals surface area contributed by atoms with E-state index in [1.54, 1.807) is 16.9 Å². The molecule has 3 aromatic heterocycles. The predicted molar refractivity (Wildman–Crippen MR) is 117 cm³/mol. The number of benzene rings is 2. The Hall–Kier alpha value is -3.87. The summed E-state index contributed by atoms with van der Waals surface area (Å²) in [6.45, 7) is 3.87. The third-order valence-corrected chi connectivity index (χ3v) is 5.55. The minimum absolute atomic E-state index is 0.347. The first-order chi connectivity index (χ1) is 15.0. The molecule has 0 aliphatic carbocycles. The summed E-state index contributed by atoms with van der Waals surface area (Å²) in [4.78, 5) is 9.17. The van der Waals surface area contributed by atoms with E-state index >= 15 is 0 Å². The summed E-state index contributed by atoms with van der Waals surface area (Å²) < 4.78 is 18.8. The maximum Gasteiger partial charge on any atom is 0.147 e. The summed E-state index contributed by atoms with van der Waals surface area (Å²) in [5, 5.41) is 8.30. The highest BCUT2D eigenvalue weighted by molar-refractivity contribution is 5.83. The number of nitrogens with zero attached hydrogens (tertiary/aromatic N) is 6. The first kappa shape index (κ1) is 19.1. The molecule has 0 saturated heterocycles. The zero-order chi connectivity index (χ0) is 21.5. The molecule has 0 aliphatic rings. The van der Waals surface area contributed by atoms with E-state index in [0.717, 1.165) is 39.4 Å². The van der Waals surface area contributed by atoms with Gasteiger partial charge in [0, 0.05) is 18.8 Å². The Morgan fingerprint density at radius 3 is 2.48 bits per heavy atom. The molecule has 3 heterocycles. The SMILES string of the molecule is Cc1nnn(C)c1-c1ccc2nc(C)n([C@@H](c3ccccc3)c3ncccc3F)c2c1. The number of halogens is 1. The van der Waals surface area contributed by atoms with Gasteiger partial charge in [-0.25, -0.2) is 14.1 Å². The number of rotatable bonds is 4. The standard InChI is InChI=1S/C24H21FN6/c1-15-23(30(3)29-28-15)18-11-12-20-21(14-18)31(16(2)27-20)24(17-8-5-4-6-9-17)22-19(25)10-7-13-26-22/h4-14,24H,1-3H3/t24-/m0/s1. The molecule has 0 amide bonds. The Labute approximate surface area is 179 Å². The lowest BCUT2D eigenvalue weighted by Gasteiger charge is -2.22. The van der Waals surface area contributed by atoms with Gasteiger partial charge in [0.2, 0.25) is 0 Å². The van der Waals surface area contributed by atoms with Crippen molar-refractivity contribution in [1.82, 2.24) is 29.5 Å². The molecule has 0 saturated carbocycles. The number of hydrogen-bond donors (Lipinski definition) is 0. The van der Waals surface area contributed by atoms with Crippen LogP contribution in [0.1, 0.15) is 28.8 Å². The molecule has 7 heteroatoms. The molecule has 0 unspecified atom stereocenters. The third-order valence-electron chi connectivity index (χ3n) is 5.55. The molecule has 0 fully saturated rings. The van der Waals surface area contributed by atoms with Gasteiger partial charge in [-0.1, -0.05) is 41.6 Å². The maximum absolute atomic E-state index is 14.9. The highest BCUT2D eigenvalue weighted by Gasteiger charge is 2.25.